The molecular formula is C24H43NO. The molecule has 0 heterocycles. The highest BCUT2D eigenvalue weighted by molar-refractivity contribution is 4.87. The van der Waals surface area contributed by atoms with Crippen LogP contribution in [0, 0.1) is 29.1 Å². The summed E-state index contributed by atoms with van der Waals surface area (Å²) in [4.78, 5) is 0. The van der Waals surface area contributed by atoms with Gasteiger partial charge in [-0.25, -0.2) is 0 Å². The Morgan fingerprint density at radius 3 is 1.92 bits per heavy atom. The minimum Gasteiger partial charge on any atom is -0.378 e. The second-order valence-electron chi connectivity index (χ2n) is 9.06. The second kappa shape index (κ2) is 13.6. The summed E-state index contributed by atoms with van der Waals surface area (Å²) in [5.41, 5.74) is 0. The molecule has 150 valence electrons. The van der Waals surface area contributed by atoms with Crippen LogP contribution in [-0.4, -0.2) is 12.7 Å². The molecule has 0 unspecified atom stereocenters. The van der Waals surface area contributed by atoms with Crippen LogP contribution in [-0.2, 0) is 4.74 Å². The molecule has 2 heteroatoms. The number of hydrogen-bond acceptors (Lipinski definition) is 2. The van der Waals surface area contributed by atoms with Crippen LogP contribution in [0.1, 0.15) is 116 Å². The zero-order chi connectivity index (χ0) is 18.5. The fraction of sp³-hybridized carbons (Fsp3) is 0.958. The van der Waals surface area contributed by atoms with E-state index in [1.54, 1.807) is 0 Å². The van der Waals surface area contributed by atoms with E-state index >= 15 is 0 Å². The first-order valence-corrected chi connectivity index (χ1v) is 11.8. The Morgan fingerprint density at radius 2 is 1.31 bits per heavy atom. The number of rotatable bonds is 12. The topological polar surface area (TPSA) is 33.0 Å². The maximum atomic E-state index is 8.95. The summed E-state index contributed by atoms with van der Waals surface area (Å²) in [5, 5.41) is 8.95. The maximum Gasteiger partial charge on any atom is 0.0655 e. The Kier molecular flexibility index (Phi) is 11.4. The molecule has 2 aliphatic rings. The molecule has 0 atom stereocenters. The van der Waals surface area contributed by atoms with E-state index in [0.717, 1.165) is 44.1 Å². The monoisotopic (exact) mass is 361 g/mol. The van der Waals surface area contributed by atoms with Gasteiger partial charge in [0.2, 0.25) is 0 Å². The third kappa shape index (κ3) is 8.90. The minimum atomic E-state index is 0.293. The molecule has 0 saturated heterocycles. The van der Waals surface area contributed by atoms with Gasteiger partial charge >= 0.3 is 0 Å². The van der Waals surface area contributed by atoms with Crippen molar-refractivity contribution in [3.63, 3.8) is 0 Å². The highest BCUT2D eigenvalue weighted by Gasteiger charge is 2.22. The highest BCUT2D eigenvalue weighted by atomic mass is 16.5. The lowest BCUT2D eigenvalue weighted by atomic mass is 9.78. The Balaban J connectivity index is 1.41. The summed E-state index contributed by atoms with van der Waals surface area (Å²) in [6.45, 7) is 3.24. The van der Waals surface area contributed by atoms with Gasteiger partial charge in [-0.15, -0.1) is 0 Å². The van der Waals surface area contributed by atoms with Crippen molar-refractivity contribution in [2.45, 2.75) is 122 Å². The summed E-state index contributed by atoms with van der Waals surface area (Å²) < 4.78 is 6.07. The molecule has 2 aliphatic carbocycles. The van der Waals surface area contributed by atoms with Crippen molar-refractivity contribution in [1.29, 1.82) is 5.26 Å². The molecule has 0 aromatic rings. The number of ether oxygens (including phenoxy) is 1. The van der Waals surface area contributed by atoms with E-state index < -0.39 is 0 Å². The van der Waals surface area contributed by atoms with Crippen LogP contribution in [0.5, 0.6) is 0 Å². The third-order valence-electron chi connectivity index (χ3n) is 6.90. The average Bonchev–Trinajstić information content (AvgIpc) is 2.69. The Bertz CT molecular complexity index is 372. The van der Waals surface area contributed by atoms with Crippen LogP contribution in [0.4, 0.5) is 0 Å². The van der Waals surface area contributed by atoms with E-state index in [0.29, 0.717) is 12.0 Å². The largest absolute Gasteiger partial charge is 0.378 e. The maximum absolute atomic E-state index is 8.95. The van der Waals surface area contributed by atoms with E-state index in [1.165, 1.54) is 83.5 Å². The van der Waals surface area contributed by atoms with Gasteiger partial charge in [0.05, 0.1) is 12.2 Å². The number of nitrogens with zero attached hydrogens (tertiary/aromatic N) is 1. The molecule has 2 saturated carbocycles. The predicted octanol–water partition coefficient (Wildman–Crippen LogP) is 7.42. The Hall–Kier alpha value is -0.550. The summed E-state index contributed by atoms with van der Waals surface area (Å²) in [7, 11) is 0. The van der Waals surface area contributed by atoms with Crippen molar-refractivity contribution in [3.05, 3.63) is 0 Å². The van der Waals surface area contributed by atoms with Crippen LogP contribution in [0.25, 0.3) is 0 Å². The van der Waals surface area contributed by atoms with E-state index in [-0.39, 0.29) is 0 Å². The zero-order valence-corrected chi connectivity index (χ0v) is 17.4. The standard InChI is InChI=1S/C24H43NO/c1-2-3-4-5-6-7-9-21-11-13-22(14-12-21)10-8-19-26-24-17-15-23(20-25)16-18-24/h21-24H,2-19H2,1H3/t21-,22-,23-,24-. The Morgan fingerprint density at radius 1 is 0.731 bits per heavy atom. The minimum absolute atomic E-state index is 0.293. The van der Waals surface area contributed by atoms with Crippen molar-refractivity contribution < 1.29 is 4.74 Å². The molecule has 2 nitrogen and oxygen atoms in total. The van der Waals surface area contributed by atoms with E-state index in [1.807, 2.05) is 0 Å². The molecule has 2 fully saturated rings. The van der Waals surface area contributed by atoms with Gasteiger partial charge in [0.1, 0.15) is 0 Å². The molecule has 0 amide bonds. The fourth-order valence-corrected chi connectivity index (χ4v) is 5.00. The molecule has 0 aromatic heterocycles. The fourth-order valence-electron chi connectivity index (χ4n) is 5.00. The van der Waals surface area contributed by atoms with Gasteiger partial charge in [0.25, 0.3) is 0 Å². The molecule has 0 spiro atoms. The summed E-state index contributed by atoms with van der Waals surface area (Å²) >= 11 is 0. The predicted molar refractivity (Wildman–Crippen MR) is 110 cm³/mol. The smallest absolute Gasteiger partial charge is 0.0655 e. The molecule has 0 N–H and O–H groups in total. The molecule has 2 rings (SSSR count). The van der Waals surface area contributed by atoms with Crippen molar-refractivity contribution >= 4 is 0 Å². The SMILES string of the molecule is CCCCCCCC[C@H]1CC[C@H](CCCO[C@H]2CC[C@H](C#N)CC2)CC1. The first-order chi connectivity index (χ1) is 12.8. The zero-order valence-electron chi connectivity index (χ0n) is 17.4. The van der Waals surface area contributed by atoms with Gasteiger partial charge in [-0.05, 0) is 50.4 Å². The first-order valence-electron chi connectivity index (χ1n) is 11.8. The van der Waals surface area contributed by atoms with Gasteiger partial charge in [0, 0.05) is 12.5 Å². The molecule has 0 bridgehead atoms. The lowest BCUT2D eigenvalue weighted by Crippen LogP contribution is -2.22. The van der Waals surface area contributed by atoms with E-state index in [2.05, 4.69) is 13.0 Å². The van der Waals surface area contributed by atoms with E-state index in [4.69, 9.17) is 10.00 Å². The quantitative estimate of drug-likeness (QED) is 0.339. The van der Waals surface area contributed by atoms with Crippen molar-refractivity contribution in [2.24, 2.45) is 17.8 Å². The molecular weight excluding hydrogens is 318 g/mol. The molecule has 0 aromatic carbocycles. The molecule has 26 heavy (non-hydrogen) atoms. The lowest BCUT2D eigenvalue weighted by Gasteiger charge is -2.29. The van der Waals surface area contributed by atoms with Crippen molar-refractivity contribution in [1.82, 2.24) is 0 Å². The van der Waals surface area contributed by atoms with E-state index in [9.17, 15) is 0 Å². The molecule has 0 radical (unpaired) electrons. The average molecular weight is 362 g/mol. The van der Waals surface area contributed by atoms with Crippen molar-refractivity contribution in [2.75, 3.05) is 6.61 Å². The van der Waals surface area contributed by atoms with Crippen LogP contribution in [0.3, 0.4) is 0 Å². The Labute approximate surface area is 163 Å². The van der Waals surface area contributed by atoms with Gasteiger partial charge in [-0.3, -0.25) is 0 Å². The summed E-state index contributed by atoms with van der Waals surface area (Å²) in [5.74, 6) is 2.29. The van der Waals surface area contributed by atoms with Gasteiger partial charge in [-0.2, -0.15) is 5.26 Å². The van der Waals surface area contributed by atoms with Crippen LogP contribution in [0.15, 0.2) is 0 Å². The normalized spacial score (nSPS) is 29.4. The van der Waals surface area contributed by atoms with Gasteiger partial charge in [-0.1, -0.05) is 77.6 Å². The van der Waals surface area contributed by atoms with Gasteiger partial charge < -0.3 is 4.74 Å². The summed E-state index contributed by atoms with van der Waals surface area (Å²) in [6.07, 6.45) is 23.4. The first kappa shape index (κ1) is 21.7. The highest BCUT2D eigenvalue weighted by Crippen LogP contribution is 2.34. The lowest BCUT2D eigenvalue weighted by molar-refractivity contribution is 0.0187. The van der Waals surface area contributed by atoms with Crippen LogP contribution in [0.2, 0.25) is 0 Å². The van der Waals surface area contributed by atoms with Gasteiger partial charge in [0.15, 0.2) is 0 Å². The molecule has 0 aliphatic heterocycles. The summed E-state index contributed by atoms with van der Waals surface area (Å²) in [6, 6.07) is 2.41. The number of hydrogen-bond donors (Lipinski definition) is 0. The number of nitriles is 1. The van der Waals surface area contributed by atoms with Crippen LogP contribution >= 0.6 is 0 Å². The van der Waals surface area contributed by atoms with Crippen molar-refractivity contribution in [3.8, 4) is 6.07 Å². The third-order valence-corrected chi connectivity index (χ3v) is 6.90. The second-order valence-corrected chi connectivity index (χ2v) is 9.06. The van der Waals surface area contributed by atoms with Crippen LogP contribution < -0.4 is 0 Å². The number of unbranched alkanes of at least 4 members (excludes halogenated alkanes) is 5.